The summed E-state index contributed by atoms with van der Waals surface area (Å²) in [6.45, 7) is 0.0507. The zero-order chi connectivity index (χ0) is 23.6. The maximum atomic E-state index is 15.0. The van der Waals surface area contributed by atoms with E-state index >= 15 is 0 Å². The molecule has 9 nitrogen and oxygen atoms in total. The van der Waals surface area contributed by atoms with E-state index in [9.17, 15) is 19.1 Å². The summed E-state index contributed by atoms with van der Waals surface area (Å²) in [5.74, 6) is -1.65. The van der Waals surface area contributed by atoms with E-state index in [4.69, 9.17) is 14.7 Å². The van der Waals surface area contributed by atoms with Crippen LogP contribution in [0.25, 0.3) is 44.0 Å². The second-order valence-electron chi connectivity index (χ2n) is 7.84. The summed E-state index contributed by atoms with van der Waals surface area (Å²) in [6, 6.07) is 11.0. The molecule has 0 aliphatic carbocycles. The Labute approximate surface area is 188 Å². The fourth-order valence-electron chi connectivity index (χ4n) is 4.46. The number of H-pyrrole nitrogens is 1. The van der Waals surface area contributed by atoms with Crippen LogP contribution in [-0.4, -0.2) is 25.8 Å². The maximum Gasteiger partial charge on any atom is 0.353 e. The van der Waals surface area contributed by atoms with Gasteiger partial charge in [0.1, 0.15) is 17.1 Å². The molecule has 4 N–H and O–H groups in total. The molecule has 0 atom stereocenters. The van der Waals surface area contributed by atoms with Crippen LogP contribution >= 0.6 is 0 Å². The minimum Gasteiger partial charge on any atom is -0.477 e. The highest BCUT2D eigenvalue weighted by molar-refractivity contribution is 6.17. The third kappa shape index (κ3) is 2.75. The summed E-state index contributed by atoms with van der Waals surface area (Å²) < 4.78 is 27.2. The second kappa shape index (κ2) is 7.07. The Hall–Kier alpha value is -4.86. The molecular formula is C24H15FN4O5. The Morgan fingerprint density at radius 3 is 2.85 bits per heavy atom. The lowest BCUT2D eigenvalue weighted by atomic mass is 10.0. The van der Waals surface area contributed by atoms with Crippen molar-refractivity contribution in [3.05, 3.63) is 82.4 Å². The van der Waals surface area contributed by atoms with Gasteiger partial charge in [0.2, 0.25) is 0 Å². The highest BCUT2D eigenvalue weighted by atomic mass is 19.1. The van der Waals surface area contributed by atoms with E-state index in [-0.39, 0.29) is 45.7 Å². The SMILES string of the molecule is Nc1noc2ccc(Cn3c(C(=O)O)c(-c4ccc[nH]c4=O)c4c5occc5c(F)cc43)cc12. The predicted molar refractivity (Wildman–Crippen MR) is 122 cm³/mol. The summed E-state index contributed by atoms with van der Waals surface area (Å²) in [4.78, 5) is 27.8. The molecule has 0 aliphatic rings. The van der Waals surface area contributed by atoms with Gasteiger partial charge in [0.15, 0.2) is 11.4 Å². The molecule has 0 saturated carbocycles. The van der Waals surface area contributed by atoms with E-state index in [1.54, 1.807) is 24.3 Å². The van der Waals surface area contributed by atoms with Crippen molar-refractivity contribution in [3.63, 3.8) is 0 Å². The third-order valence-electron chi connectivity index (χ3n) is 5.91. The summed E-state index contributed by atoms with van der Waals surface area (Å²) in [5.41, 5.74) is 7.09. The van der Waals surface area contributed by atoms with Gasteiger partial charge >= 0.3 is 5.97 Å². The smallest absolute Gasteiger partial charge is 0.353 e. The number of aromatic carboxylic acids is 1. The van der Waals surface area contributed by atoms with E-state index in [2.05, 4.69) is 10.1 Å². The molecule has 0 aliphatic heterocycles. The number of hydrogen-bond donors (Lipinski definition) is 3. The standard InChI is InChI=1S/C24H15FN4O5/c25-15-9-16-19(21-12(15)5-7-33-21)18(13-2-1-6-27-23(13)30)20(24(31)32)29(16)10-11-3-4-17-14(8-11)22(26)28-34-17/h1-9H,10H2,(H2,26,28)(H,27,30)(H,31,32). The van der Waals surface area contributed by atoms with Gasteiger partial charge in [-0.25, -0.2) is 9.18 Å². The van der Waals surface area contributed by atoms with Gasteiger partial charge in [0, 0.05) is 18.3 Å². The van der Waals surface area contributed by atoms with Crippen molar-refractivity contribution in [2.75, 3.05) is 5.73 Å². The number of benzene rings is 2. The number of carboxylic acids is 1. The summed E-state index contributed by atoms with van der Waals surface area (Å²) >= 11 is 0. The van der Waals surface area contributed by atoms with Gasteiger partial charge in [-0.1, -0.05) is 11.2 Å². The van der Waals surface area contributed by atoms with E-state index in [1.807, 2.05) is 0 Å². The first-order chi connectivity index (χ1) is 16.4. The van der Waals surface area contributed by atoms with Crippen molar-refractivity contribution >= 4 is 44.6 Å². The van der Waals surface area contributed by atoms with Crippen LogP contribution < -0.4 is 11.3 Å². The van der Waals surface area contributed by atoms with Crippen LogP contribution in [0, 0.1) is 5.82 Å². The number of nitrogens with zero attached hydrogens (tertiary/aromatic N) is 2. The van der Waals surface area contributed by atoms with Gasteiger partial charge < -0.3 is 29.3 Å². The van der Waals surface area contributed by atoms with Gasteiger partial charge in [0.25, 0.3) is 5.56 Å². The lowest BCUT2D eigenvalue weighted by Crippen LogP contribution is -2.13. The van der Waals surface area contributed by atoms with Crippen molar-refractivity contribution in [1.82, 2.24) is 14.7 Å². The molecule has 168 valence electrons. The van der Waals surface area contributed by atoms with Gasteiger partial charge in [-0.05, 0) is 42.0 Å². The average molecular weight is 458 g/mol. The number of aromatic nitrogens is 3. The van der Waals surface area contributed by atoms with Gasteiger partial charge in [-0.15, -0.1) is 0 Å². The van der Waals surface area contributed by atoms with E-state index in [0.717, 1.165) is 0 Å². The molecule has 34 heavy (non-hydrogen) atoms. The number of carbonyl (C=O) groups is 1. The number of nitrogens with one attached hydrogen (secondary N) is 1. The van der Waals surface area contributed by atoms with Crippen LogP contribution in [0.4, 0.5) is 10.2 Å². The molecule has 4 aromatic heterocycles. The molecule has 2 aromatic carbocycles. The van der Waals surface area contributed by atoms with Crippen molar-refractivity contribution < 1.29 is 23.2 Å². The van der Waals surface area contributed by atoms with Crippen LogP contribution in [-0.2, 0) is 6.54 Å². The number of hydrogen-bond acceptors (Lipinski definition) is 6. The molecule has 0 bridgehead atoms. The van der Waals surface area contributed by atoms with E-state index in [0.29, 0.717) is 21.9 Å². The van der Waals surface area contributed by atoms with E-state index < -0.39 is 17.3 Å². The second-order valence-corrected chi connectivity index (χ2v) is 7.84. The maximum absolute atomic E-state index is 15.0. The van der Waals surface area contributed by atoms with Crippen LogP contribution in [0.15, 0.2) is 68.7 Å². The third-order valence-corrected chi connectivity index (χ3v) is 5.91. The Bertz CT molecular complexity index is 1820. The lowest BCUT2D eigenvalue weighted by Gasteiger charge is -2.10. The molecule has 6 aromatic rings. The normalized spacial score (nSPS) is 11.7. The highest BCUT2D eigenvalue weighted by Crippen LogP contribution is 2.40. The summed E-state index contributed by atoms with van der Waals surface area (Å²) in [7, 11) is 0. The number of furan rings is 1. The minimum atomic E-state index is -1.28. The Morgan fingerprint density at radius 1 is 1.21 bits per heavy atom. The number of aromatic amines is 1. The van der Waals surface area contributed by atoms with Crippen molar-refractivity contribution in [3.8, 4) is 11.1 Å². The van der Waals surface area contributed by atoms with Gasteiger partial charge in [-0.3, -0.25) is 4.79 Å². The Morgan fingerprint density at radius 2 is 2.06 bits per heavy atom. The molecule has 0 spiro atoms. The fourth-order valence-corrected chi connectivity index (χ4v) is 4.46. The number of carboxylic acid groups (broad SMARTS) is 1. The first kappa shape index (κ1) is 19.8. The number of nitrogen functional groups attached to an aromatic ring is 1. The zero-order valence-corrected chi connectivity index (χ0v) is 17.3. The predicted octanol–water partition coefficient (Wildman–Crippen LogP) is 4.35. The molecule has 0 unspecified atom stereocenters. The number of pyridine rings is 1. The van der Waals surface area contributed by atoms with Crippen LogP contribution in [0.3, 0.4) is 0 Å². The van der Waals surface area contributed by atoms with Crippen LogP contribution in [0.2, 0.25) is 0 Å². The topological polar surface area (TPSA) is 140 Å². The summed E-state index contributed by atoms with van der Waals surface area (Å²) in [5, 5.41) is 15.1. The molecule has 0 fully saturated rings. The van der Waals surface area contributed by atoms with Crippen LogP contribution in [0.1, 0.15) is 16.1 Å². The first-order valence-corrected chi connectivity index (χ1v) is 10.2. The number of halogens is 1. The summed E-state index contributed by atoms with van der Waals surface area (Å²) in [6.07, 6.45) is 2.78. The largest absolute Gasteiger partial charge is 0.477 e. The Balaban J connectivity index is 1.73. The first-order valence-electron chi connectivity index (χ1n) is 10.2. The fraction of sp³-hybridized carbons (Fsp3) is 0.0417. The molecule has 0 saturated heterocycles. The van der Waals surface area contributed by atoms with Crippen molar-refractivity contribution in [2.24, 2.45) is 0 Å². The van der Waals surface area contributed by atoms with Crippen LogP contribution in [0.5, 0.6) is 0 Å². The molecule has 6 rings (SSSR count). The zero-order valence-electron chi connectivity index (χ0n) is 17.3. The quantitative estimate of drug-likeness (QED) is 0.357. The molecule has 0 radical (unpaired) electrons. The molecular weight excluding hydrogens is 443 g/mol. The molecule has 4 heterocycles. The monoisotopic (exact) mass is 458 g/mol. The number of fused-ring (bicyclic) bond motifs is 4. The van der Waals surface area contributed by atoms with Crippen molar-refractivity contribution in [2.45, 2.75) is 6.54 Å². The van der Waals surface area contributed by atoms with Gasteiger partial charge in [-0.2, -0.15) is 0 Å². The number of rotatable bonds is 4. The molecule has 0 amide bonds. The average Bonchev–Trinajstić information content (AvgIpc) is 3.51. The minimum absolute atomic E-state index is 0.0507. The highest BCUT2D eigenvalue weighted by Gasteiger charge is 2.28. The van der Waals surface area contributed by atoms with Crippen molar-refractivity contribution in [1.29, 1.82) is 0 Å². The van der Waals surface area contributed by atoms with E-state index in [1.165, 1.54) is 35.2 Å². The Kier molecular flexibility index (Phi) is 4.12. The number of nitrogens with two attached hydrogens (primary N) is 1. The number of anilines is 1. The molecule has 10 heteroatoms. The lowest BCUT2D eigenvalue weighted by molar-refractivity contribution is 0.0687. The van der Waals surface area contributed by atoms with Gasteiger partial charge in [0.05, 0.1) is 33.5 Å².